The summed E-state index contributed by atoms with van der Waals surface area (Å²) in [7, 11) is 1.75. The minimum Gasteiger partial charge on any atom is -0.320 e. The van der Waals surface area contributed by atoms with Gasteiger partial charge in [-0.05, 0) is 6.07 Å². The number of imidazole rings is 1. The third kappa shape index (κ3) is 2.61. The van der Waals surface area contributed by atoms with Crippen molar-refractivity contribution in [3.63, 3.8) is 0 Å². The van der Waals surface area contributed by atoms with E-state index in [0.29, 0.717) is 29.5 Å². The first-order valence-corrected chi connectivity index (χ1v) is 6.86. The molecule has 2 aromatic heterocycles. The van der Waals surface area contributed by atoms with Gasteiger partial charge in [-0.3, -0.25) is 4.68 Å². The molecule has 110 valence electrons. The van der Waals surface area contributed by atoms with Gasteiger partial charge in [0.2, 0.25) is 0 Å². The number of nitrogens with zero attached hydrogens (tertiary/aromatic N) is 5. The van der Waals surface area contributed by atoms with E-state index < -0.39 is 11.6 Å². The molecule has 0 N–H and O–H groups in total. The van der Waals surface area contributed by atoms with Crippen LogP contribution in [0, 0.1) is 11.6 Å². The molecule has 1 aromatic carbocycles. The van der Waals surface area contributed by atoms with E-state index in [1.54, 1.807) is 22.6 Å². The van der Waals surface area contributed by atoms with Crippen LogP contribution in [-0.2, 0) is 20.0 Å². The molecule has 0 atom stereocenters. The first kappa shape index (κ1) is 13.9. The predicted molar refractivity (Wildman–Crippen MR) is 74.2 cm³/mol. The highest BCUT2D eigenvalue weighted by Crippen LogP contribution is 2.22. The summed E-state index contributed by atoms with van der Waals surface area (Å²) in [6.45, 7) is 0.284. The number of benzene rings is 1. The number of hydrogen-bond donors (Lipinski definition) is 0. The summed E-state index contributed by atoms with van der Waals surface area (Å²) in [4.78, 5) is 8.35. The quantitative estimate of drug-likeness (QED) is 0.695. The smallest absolute Gasteiger partial charge is 0.170 e. The van der Waals surface area contributed by atoms with Gasteiger partial charge in [0.05, 0.1) is 12.1 Å². The molecule has 0 unspecified atom stereocenters. The molecule has 3 rings (SSSR count). The lowest BCUT2D eigenvalue weighted by Crippen LogP contribution is -2.08. The highest BCUT2D eigenvalue weighted by Gasteiger charge is 2.16. The van der Waals surface area contributed by atoms with E-state index >= 15 is 0 Å². The summed E-state index contributed by atoms with van der Waals surface area (Å²) >= 11 is 5.76. The van der Waals surface area contributed by atoms with Crippen LogP contribution in [0.3, 0.4) is 0 Å². The Morgan fingerprint density at radius 1 is 1.29 bits per heavy atom. The molecule has 0 saturated heterocycles. The SMILES string of the molecule is Cn1cnc(Cn2c(CCCl)nc3c(F)cc(F)cc32)n1. The number of alkyl halides is 1. The third-order valence-electron chi connectivity index (χ3n) is 3.12. The molecule has 0 fully saturated rings. The van der Waals surface area contributed by atoms with E-state index in [2.05, 4.69) is 15.1 Å². The highest BCUT2D eigenvalue weighted by molar-refractivity contribution is 6.17. The molecule has 3 aromatic rings. The zero-order valence-electron chi connectivity index (χ0n) is 11.2. The molecule has 0 radical (unpaired) electrons. The minimum absolute atomic E-state index is 0.132. The van der Waals surface area contributed by atoms with Crippen molar-refractivity contribution in [3.05, 3.63) is 41.7 Å². The minimum atomic E-state index is -0.687. The summed E-state index contributed by atoms with van der Waals surface area (Å²) < 4.78 is 30.6. The molecule has 2 heterocycles. The van der Waals surface area contributed by atoms with Gasteiger partial charge in [0.15, 0.2) is 11.6 Å². The third-order valence-corrected chi connectivity index (χ3v) is 3.30. The fourth-order valence-corrected chi connectivity index (χ4v) is 2.42. The van der Waals surface area contributed by atoms with Crippen LogP contribution in [0.25, 0.3) is 11.0 Å². The van der Waals surface area contributed by atoms with Crippen LogP contribution in [0.5, 0.6) is 0 Å². The summed E-state index contributed by atoms with van der Waals surface area (Å²) in [6, 6.07) is 2.08. The molecular formula is C13H12ClF2N5. The Labute approximate surface area is 124 Å². The lowest BCUT2D eigenvalue weighted by atomic mass is 10.3. The molecule has 0 aliphatic carbocycles. The number of aromatic nitrogens is 5. The topological polar surface area (TPSA) is 48.5 Å². The van der Waals surface area contributed by atoms with Crippen molar-refractivity contribution in [1.82, 2.24) is 24.3 Å². The van der Waals surface area contributed by atoms with E-state index in [-0.39, 0.29) is 12.1 Å². The second-order valence-electron chi connectivity index (χ2n) is 4.64. The maximum Gasteiger partial charge on any atom is 0.170 e. The predicted octanol–water partition coefficient (Wildman–Crippen LogP) is 2.27. The molecule has 0 amide bonds. The normalized spacial score (nSPS) is 11.4. The summed E-state index contributed by atoms with van der Waals surface area (Å²) in [5.41, 5.74) is 0.507. The average Bonchev–Trinajstić information content (AvgIpc) is 2.97. The monoisotopic (exact) mass is 311 g/mol. The first-order chi connectivity index (χ1) is 10.1. The van der Waals surface area contributed by atoms with Crippen molar-refractivity contribution in [1.29, 1.82) is 0 Å². The van der Waals surface area contributed by atoms with Gasteiger partial charge in [0, 0.05) is 25.4 Å². The van der Waals surface area contributed by atoms with Crippen molar-refractivity contribution >= 4 is 22.6 Å². The van der Waals surface area contributed by atoms with Crippen LogP contribution in [-0.4, -0.2) is 30.2 Å². The second-order valence-corrected chi connectivity index (χ2v) is 5.02. The fourth-order valence-electron chi connectivity index (χ4n) is 2.25. The molecule has 0 aliphatic heterocycles. The fraction of sp³-hybridized carbons (Fsp3) is 0.308. The summed E-state index contributed by atoms with van der Waals surface area (Å²) in [5.74, 6) is 0.124. The molecular weight excluding hydrogens is 300 g/mol. The van der Waals surface area contributed by atoms with Gasteiger partial charge in [-0.15, -0.1) is 11.6 Å². The van der Waals surface area contributed by atoms with E-state index in [1.165, 1.54) is 6.07 Å². The molecule has 0 bridgehead atoms. The van der Waals surface area contributed by atoms with Crippen molar-refractivity contribution in [3.8, 4) is 0 Å². The van der Waals surface area contributed by atoms with E-state index in [1.807, 2.05) is 0 Å². The van der Waals surface area contributed by atoms with Gasteiger partial charge in [-0.25, -0.2) is 18.7 Å². The molecule has 0 aliphatic rings. The van der Waals surface area contributed by atoms with E-state index in [4.69, 9.17) is 11.6 Å². The van der Waals surface area contributed by atoms with Gasteiger partial charge < -0.3 is 4.57 Å². The standard InChI is InChI=1S/C13H12ClF2N5/c1-20-7-17-11(19-20)6-21-10-5-8(15)4-9(16)13(10)18-12(21)2-3-14/h4-5,7H,2-3,6H2,1H3. The maximum atomic E-state index is 13.8. The Hall–Kier alpha value is -2.02. The Morgan fingerprint density at radius 2 is 2.10 bits per heavy atom. The summed E-state index contributed by atoms with van der Waals surface area (Å²) in [6.07, 6.45) is 2.01. The Kier molecular flexibility index (Phi) is 3.59. The lowest BCUT2D eigenvalue weighted by molar-refractivity contribution is 0.590. The molecule has 8 heteroatoms. The van der Waals surface area contributed by atoms with E-state index in [0.717, 1.165) is 6.07 Å². The van der Waals surface area contributed by atoms with Crippen molar-refractivity contribution in [2.75, 3.05) is 5.88 Å². The van der Waals surface area contributed by atoms with Gasteiger partial charge in [-0.1, -0.05) is 0 Å². The van der Waals surface area contributed by atoms with Crippen LogP contribution < -0.4 is 0 Å². The summed E-state index contributed by atoms with van der Waals surface area (Å²) in [5, 5.41) is 4.17. The van der Waals surface area contributed by atoms with Gasteiger partial charge in [-0.2, -0.15) is 5.10 Å². The number of hydrogen-bond acceptors (Lipinski definition) is 3. The van der Waals surface area contributed by atoms with Crippen LogP contribution >= 0.6 is 11.6 Å². The van der Waals surface area contributed by atoms with Crippen molar-refractivity contribution < 1.29 is 8.78 Å². The number of aryl methyl sites for hydroxylation is 2. The second kappa shape index (κ2) is 5.40. The number of rotatable bonds is 4. The zero-order valence-corrected chi connectivity index (χ0v) is 12.0. The molecule has 0 spiro atoms. The average molecular weight is 312 g/mol. The van der Waals surface area contributed by atoms with Crippen molar-refractivity contribution in [2.24, 2.45) is 7.05 Å². The molecule has 5 nitrogen and oxygen atoms in total. The Morgan fingerprint density at radius 3 is 2.76 bits per heavy atom. The molecule has 21 heavy (non-hydrogen) atoms. The maximum absolute atomic E-state index is 13.8. The van der Waals surface area contributed by atoms with Crippen LogP contribution in [0.4, 0.5) is 8.78 Å². The zero-order chi connectivity index (χ0) is 15.0. The van der Waals surface area contributed by atoms with Crippen LogP contribution in [0.1, 0.15) is 11.6 Å². The lowest BCUT2D eigenvalue weighted by Gasteiger charge is -2.06. The highest BCUT2D eigenvalue weighted by atomic mass is 35.5. The Balaban J connectivity index is 2.15. The largest absolute Gasteiger partial charge is 0.320 e. The number of fused-ring (bicyclic) bond motifs is 1. The Bertz CT molecular complexity index is 795. The molecule has 0 saturated carbocycles. The van der Waals surface area contributed by atoms with Crippen molar-refractivity contribution in [2.45, 2.75) is 13.0 Å². The van der Waals surface area contributed by atoms with Gasteiger partial charge in [0.25, 0.3) is 0 Å². The van der Waals surface area contributed by atoms with Gasteiger partial charge in [0.1, 0.15) is 23.5 Å². The number of halogens is 3. The van der Waals surface area contributed by atoms with Crippen LogP contribution in [0.15, 0.2) is 18.5 Å². The van der Waals surface area contributed by atoms with E-state index in [9.17, 15) is 8.78 Å². The van der Waals surface area contributed by atoms with Crippen LogP contribution in [0.2, 0.25) is 0 Å². The first-order valence-electron chi connectivity index (χ1n) is 6.33. The van der Waals surface area contributed by atoms with Gasteiger partial charge >= 0.3 is 0 Å².